The van der Waals surface area contributed by atoms with E-state index in [0.717, 1.165) is 40.6 Å². The minimum atomic E-state index is -4.32. The molecular formula is C23H25N2O6S6-. The third-order valence-electron chi connectivity index (χ3n) is 5.67. The van der Waals surface area contributed by atoms with Crippen LogP contribution in [0.15, 0.2) is 56.1 Å². The van der Waals surface area contributed by atoms with Gasteiger partial charge < -0.3 is 14.0 Å². The summed E-state index contributed by atoms with van der Waals surface area (Å²) >= 11 is 6.35. The van der Waals surface area contributed by atoms with Crippen LogP contribution in [0.3, 0.4) is 0 Å². The minimum Gasteiger partial charge on any atom is -0.748 e. The number of hydrogen-bond acceptors (Lipinski definition) is 11. The zero-order valence-corrected chi connectivity index (χ0v) is 25.0. The second kappa shape index (κ2) is 11.9. The van der Waals surface area contributed by atoms with Gasteiger partial charge in [-0.15, -0.1) is 23.5 Å². The maximum atomic E-state index is 11.2. The van der Waals surface area contributed by atoms with Crippen molar-refractivity contribution >= 4 is 88.8 Å². The van der Waals surface area contributed by atoms with Gasteiger partial charge in [0.05, 0.1) is 37.0 Å². The van der Waals surface area contributed by atoms with Crippen molar-refractivity contribution in [2.24, 2.45) is 0 Å². The Morgan fingerprint density at radius 1 is 0.946 bits per heavy atom. The van der Waals surface area contributed by atoms with Crippen molar-refractivity contribution in [3.05, 3.63) is 46.4 Å². The van der Waals surface area contributed by atoms with Crippen LogP contribution in [0.2, 0.25) is 0 Å². The maximum absolute atomic E-state index is 11.2. The fourth-order valence-corrected chi connectivity index (χ4v) is 8.11. The molecule has 2 heterocycles. The molecule has 200 valence electrons. The van der Waals surface area contributed by atoms with Crippen molar-refractivity contribution in [3.63, 3.8) is 0 Å². The molecule has 0 amide bonds. The standard InChI is InChI=1S/C23H26N2O6S6/c1-32-16-5-7-20-18(13-16)24(9-3-11-36(26,27)28)22(34-20)15-23-25(10-4-12-37(29,30)31)19-14-17(33-2)6-8-21(19)35-23/h5-8,13-15H,3-4,9-12H2,1-2H3,(H-,26,27,28,29,30,31)/p-1. The van der Waals surface area contributed by atoms with E-state index in [4.69, 9.17) is 0 Å². The van der Waals surface area contributed by atoms with Crippen LogP contribution in [-0.2, 0) is 26.8 Å². The Morgan fingerprint density at radius 2 is 1.59 bits per heavy atom. The lowest BCUT2D eigenvalue weighted by molar-refractivity contribution is -0.668. The zero-order chi connectivity index (χ0) is 26.8. The highest BCUT2D eigenvalue weighted by Crippen LogP contribution is 2.48. The summed E-state index contributed by atoms with van der Waals surface area (Å²) < 4.78 is 70.4. The lowest BCUT2D eigenvalue weighted by Gasteiger charge is -2.21. The Balaban J connectivity index is 1.75. The van der Waals surface area contributed by atoms with E-state index in [1.807, 2.05) is 52.3 Å². The number of rotatable bonds is 11. The predicted molar refractivity (Wildman–Crippen MR) is 152 cm³/mol. The van der Waals surface area contributed by atoms with E-state index in [9.17, 15) is 25.9 Å². The fraction of sp³-hybridized carbons (Fsp3) is 0.348. The summed E-state index contributed by atoms with van der Waals surface area (Å²) in [6.45, 7) is 0.724. The summed E-state index contributed by atoms with van der Waals surface area (Å²) in [7, 11) is -8.64. The Hall–Kier alpha value is -1.26. The molecule has 1 aromatic heterocycles. The smallest absolute Gasteiger partial charge is 0.265 e. The quantitative estimate of drug-likeness (QED) is 0.174. The lowest BCUT2D eigenvalue weighted by Crippen LogP contribution is -2.36. The number of nitrogens with zero attached hydrogens (tertiary/aromatic N) is 2. The monoisotopic (exact) mass is 617 g/mol. The van der Waals surface area contributed by atoms with Crippen LogP contribution >= 0.6 is 46.6 Å². The van der Waals surface area contributed by atoms with E-state index in [1.54, 1.807) is 46.6 Å². The summed E-state index contributed by atoms with van der Waals surface area (Å²) in [5.41, 5.74) is 1.92. The van der Waals surface area contributed by atoms with Crippen LogP contribution in [0.4, 0.5) is 5.69 Å². The van der Waals surface area contributed by atoms with Crippen molar-refractivity contribution in [2.75, 3.05) is 35.5 Å². The Bertz CT molecular complexity index is 1550. The fourth-order valence-electron chi connectivity index (χ4n) is 4.00. The molecule has 1 aliphatic rings. The number of thioether (sulfide) groups is 3. The highest BCUT2D eigenvalue weighted by molar-refractivity contribution is 8.04. The Labute approximate surface area is 234 Å². The molecule has 0 bridgehead atoms. The second-order valence-corrected chi connectivity index (χ2v) is 15.2. The van der Waals surface area contributed by atoms with Crippen LogP contribution in [0.5, 0.6) is 0 Å². The second-order valence-electron chi connectivity index (χ2n) is 8.23. The van der Waals surface area contributed by atoms with E-state index in [0.29, 0.717) is 13.1 Å². The number of benzene rings is 2. The van der Waals surface area contributed by atoms with Gasteiger partial charge in [0.2, 0.25) is 5.52 Å². The average molecular weight is 618 g/mol. The molecule has 4 rings (SSSR count). The number of aryl methyl sites for hydroxylation is 1. The highest BCUT2D eigenvalue weighted by Gasteiger charge is 2.28. The molecule has 0 saturated heterocycles. The SMILES string of the molecule is CSc1ccc2c(c1)N(CCCS(=O)(=O)[O-])/C(=C/c1sc3ccc(SC)cc3[n+]1CCCS(=O)(=O)[O-])S2. The molecule has 3 aromatic rings. The number of hydrogen-bond donors (Lipinski definition) is 0. The molecule has 14 heteroatoms. The minimum absolute atomic E-state index is 0.192. The topological polar surface area (TPSA) is 122 Å². The molecule has 0 saturated carbocycles. The average Bonchev–Trinajstić information content (AvgIpc) is 3.34. The lowest BCUT2D eigenvalue weighted by atomic mass is 10.2. The van der Waals surface area contributed by atoms with Gasteiger partial charge in [0.1, 0.15) is 4.70 Å². The van der Waals surface area contributed by atoms with E-state index < -0.39 is 31.7 Å². The summed E-state index contributed by atoms with van der Waals surface area (Å²) in [5, 5.41) is 1.77. The number of aromatic nitrogens is 1. The summed E-state index contributed by atoms with van der Waals surface area (Å²) in [6, 6.07) is 12.3. The molecule has 37 heavy (non-hydrogen) atoms. The molecule has 0 radical (unpaired) electrons. The van der Waals surface area contributed by atoms with Crippen molar-refractivity contribution in [2.45, 2.75) is 34.1 Å². The van der Waals surface area contributed by atoms with Gasteiger partial charge in [-0.25, -0.2) is 16.8 Å². The van der Waals surface area contributed by atoms with Crippen LogP contribution in [-0.4, -0.2) is 56.5 Å². The van der Waals surface area contributed by atoms with Gasteiger partial charge in [0.15, 0.2) is 6.54 Å². The summed E-state index contributed by atoms with van der Waals surface area (Å²) in [5.74, 6) is -0.883. The van der Waals surface area contributed by atoms with E-state index in [2.05, 4.69) is 12.1 Å². The van der Waals surface area contributed by atoms with Crippen molar-refractivity contribution < 1.29 is 30.5 Å². The third-order valence-corrected chi connectivity index (χ3v) is 10.9. The Morgan fingerprint density at radius 3 is 2.27 bits per heavy atom. The van der Waals surface area contributed by atoms with Crippen LogP contribution in [0, 0.1) is 0 Å². The molecule has 0 N–H and O–H groups in total. The molecule has 8 nitrogen and oxygen atoms in total. The van der Waals surface area contributed by atoms with Crippen LogP contribution < -0.4 is 9.47 Å². The normalized spacial score (nSPS) is 15.1. The van der Waals surface area contributed by atoms with Gasteiger partial charge in [0.25, 0.3) is 5.01 Å². The molecule has 0 unspecified atom stereocenters. The van der Waals surface area contributed by atoms with Gasteiger partial charge in [-0.2, -0.15) is 4.57 Å². The van der Waals surface area contributed by atoms with Gasteiger partial charge in [-0.3, -0.25) is 0 Å². The van der Waals surface area contributed by atoms with Gasteiger partial charge >= 0.3 is 0 Å². The summed E-state index contributed by atoms with van der Waals surface area (Å²) in [4.78, 5) is 5.21. The molecule has 0 fully saturated rings. The zero-order valence-electron chi connectivity index (χ0n) is 20.1. The largest absolute Gasteiger partial charge is 0.748 e. The van der Waals surface area contributed by atoms with Crippen LogP contribution in [0.1, 0.15) is 17.8 Å². The Kier molecular flexibility index (Phi) is 9.21. The molecule has 1 aliphatic heterocycles. The molecule has 0 spiro atoms. The first-order valence-corrected chi connectivity index (χ1v) is 18.4. The molecule has 0 atom stereocenters. The van der Waals surface area contributed by atoms with Crippen molar-refractivity contribution in [3.8, 4) is 0 Å². The van der Waals surface area contributed by atoms with E-state index in [1.165, 1.54) is 0 Å². The van der Waals surface area contributed by atoms with E-state index >= 15 is 0 Å². The maximum Gasteiger partial charge on any atom is 0.265 e. The van der Waals surface area contributed by atoms with Crippen molar-refractivity contribution in [1.29, 1.82) is 0 Å². The third kappa shape index (κ3) is 7.44. The van der Waals surface area contributed by atoms with Gasteiger partial charge in [0, 0.05) is 45.2 Å². The predicted octanol–water partition coefficient (Wildman–Crippen LogP) is 4.41. The van der Waals surface area contributed by atoms with Crippen molar-refractivity contribution in [1.82, 2.24) is 0 Å². The van der Waals surface area contributed by atoms with E-state index in [-0.39, 0.29) is 12.8 Å². The van der Waals surface area contributed by atoms with Gasteiger partial charge in [-0.1, -0.05) is 23.1 Å². The number of fused-ring (bicyclic) bond motifs is 2. The van der Waals surface area contributed by atoms with Gasteiger partial charge in [-0.05, 0) is 49.3 Å². The summed E-state index contributed by atoms with van der Waals surface area (Å²) in [6.07, 6.45) is 6.37. The number of anilines is 1. The first-order valence-electron chi connectivity index (χ1n) is 11.2. The first-order chi connectivity index (χ1) is 17.5. The molecular weight excluding hydrogens is 593 g/mol. The highest BCUT2D eigenvalue weighted by atomic mass is 32.2. The van der Waals surface area contributed by atoms with Crippen LogP contribution in [0.25, 0.3) is 16.3 Å². The first kappa shape index (κ1) is 28.7. The molecule has 2 aromatic carbocycles. The molecule has 0 aliphatic carbocycles. The number of thiazole rings is 1.